The third-order valence-electron chi connectivity index (χ3n) is 3.41. The first-order valence-electron chi connectivity index (χ1n) is 6.48. The molecule has 0 N–H and O–H groups in total. The molecule has 1 atom stereocenters. The lowest BCUT2D eigenvalue weighted by atomic mass is 10.1. The van der Waals surface area contributed by atoms with Gasteiger partial charge in [-0.15, -0.1) is 0 Å². The lowest BCUT2D eigenvalue weighted by molar-refractivity contribution is 0.599. The van der Waals surface area contributed by atoms with Gasteiger partial charge in [0.2, 0.25) is 0 Å². The molecule has 0 aromatic carbocycles. The van der Waals surface area contributed by atoms with E-state index in [1.54, 1.807) is 6.33 Å². The molecule has 0 aliphatic carbocycles. The normalized spacial score (nSPS) is 19.9. The van der Waals surface area contributed by atoms with Crippen molar-refractivity contribution in [2.24, 2.45) is 0 Å². The van der Waals surface area contributed by atoms with E-state index < -0.39 is 0 Å². The first kappa shape index (κ1) is 12.8. The predicted octanol–water partition coefficient (Wildman–Crippen LogP) is 3.18. The molecular formula is C13H20BrN3. The van der Waals surface area contributed by atoms with Crippen LogP contribution in [0.5, 0.6) is 0 Å². The van der Waals surface area contributed by atoms with Crippen LogP contribution in [0.1, 0.15) is 38.3 Å². The number of alkyl halides is 1. The summed E-state index contributed by atoms with van der Waals surface area (Å²) in [7, 11) is 0. The number of rotatable bonds is 5. The molecule has 1 fully saturated rings. The molecule has 94 valence electrons. The van der Waals surface area contributed by atoms with Crippen molar-refractivity contribution in [3.8, 4) is 0 Å². The molecule has 2 heterocycles. The fourth-order valence-electron chi connectivity index (χ4n) is 2.49. The number of aryl methyl sites for hydroxylation is 1. The molecule has 1 unspecified atom stereocenters. The van der Waals surface area contributed by atoms with Crippen LogP contribution < -0.4 is 4.90 Å². The summed E-state index contributed by atoms with van der Waals surface area (Å²) in [5.41, 5.74) is 1.14. The SMILES string of the molecule is CCc1cc(N2CCCC2CCCBr)ncn1. The first-order chi connectivity index (χ1) is 8.35. The van der Waals surface area contributed by atoms with E-state index in [0.29, 0.717) is 6.04 Å². The number of halogens is 1. The monoisotopic (exact) mass is 297 g/mol. The maximum Gasteiger partial charge on any atom is 0.132 e. The van der Waals surface area contributed by atoms with E-state index in [0.717, 1.165) is 29.8 Å². The van der Waals surface area contributed by atoms with Crippen LogP contribution in [0.4, 0.5) is 5.82 Å². The van der Waals surface area contributed by atoms with Gasteiger partial charge in [-0.1, -0.05) is 22.9 Å². The van der Waals surface area contributed by atoms with Gasteiger partial charge in [-0.3, -0.25) is 0 Å². The van der Waals surface area contributed by atoms with Gasteiger partial charge in [0.05, 0.1) is 0 Å². The van der Waals surface area contributed by atoms with Crippen LogP contribution in [0.15, 0.2) is 12.4 Å². The Morgan fingerprint density at radius 3 is 3.12 bits per heavy atom. The minimum absolute atomic E-state index is 0.673. The van der Waals surface area contributed by atoms with Gasteiger partial charge < -0.3 is 4.90 Å². The largest absolute Gasteiger partial charge is 0.354 e. The summed E-state index contributed by atoms with van der Waals surface area (Å²) in [6, 6.07) is 2.82. The summed E-state index contributed by atoms with van der Waals surface area (Å²) >= 11 is 3.51. The molecule has 1 aromatic heterocycles. The Bertz CT molecular complexity index is 356. The zero-order valence-corrected chi connectivity index (χ0v) is 12.0. The van der Waals surface area contributed by atoms with Gasteiger partial charge in [-0.2, -0.15) is 0 Å². The van der Waals surface area contributed by atoms with Crippen LogP contribution in [0.3, 0.4) is 0 Å². The van der Waals surface area contributed by atoms with Gasteiger partial charge in [0.1, 0.15) is 12.1 Å². The van der Waals surface area contributed by atoms with Crippen LogP contribution in [0.2, 0.25) is 0 Å². The molecular weight excluding hydrogens is 278 g/mol. The summed E-state index contributed by atoms with van der Waals surface area (Å²) in [6.45, 7) is 3.28. The Kier molecular flexibility index (Phi) is 4.77. The van der Waals surface area contributed by atoms with Crippen molar-refractivity contribution in [3.05, 3.63) is 18.1 Å². The average molecular weight is 298 g/mol. The quantitative estimate of drug-likeness (QED) is 0.782. The fourth-order valence-corrected chi connectivity index (χ4v) is 2.81. The van der Waals surface area contributed by atoms with Gasteiger partial charge in [-0.05, 0) is 32.1 Å². The molecule has 1 saturated heterocycles. The highest BCUT2D eigenvalue weighted by atomic mass is 79.9. The fraction of sp³-hybridized carbons (Fsp3) is 0.692. The van der Waals surface area contributed by atoms with Crippen molar-refractivity contribution in [2.45, 2.75) is 45.1 Å². The average Bonchev–Trinajstić information content (AvgIpc) is 2.84. The van der Waals surface area contributed by atoms with E-state index >= 15 is 0 Å². The standard InChI is InChI=1S/C13H20BrN3/c1-2-11-9-13(16-10-15-11)17-8-4-6-12(17)5-3-7-14/h9-10,12H,2-8H2,1H3. The minimum atomic E-state index is 0.673. The molecule has 2 rings (SSSR count). The number of aromatic nitrogens is 2. The van der Waals surface area contributed by atoms with E-state index in [-0.39, 0.29) is 0 Å². The molecule has 0 saturated carbocycles. The predicted molar refractivity (Wildman–Crippen MR) is 74.8 cm³/mol. The second-order valence-electron chi connectivity index (χ2n) is 4.54. The van der Waals surface area contributed by atoms with Crippen molar-refractivity contribution >= 4 is 21.7 Å². The second kappa shape index (κ2) is 6.34. The molecule has 0 radical (unpaired) electrons. The number of hydrogen-bond donors (Lipinski definition) is 0. The Labute approximate surface area is 112 Å². The Hall–Kier alpha value is -0.640. The third-order valence-corrected chi connectivity index (χ3v) is 3.97. The molecule has 0 amide bonds. The molecule has 17 heavy (non-hydrogen) atoms. The van der Waals surface area contributed by atoms with Crippen LogP contribution in [-0.2, 0) is 6.42 Å². The van der Waals surface area contributed by atoms with Crippen molar-refractivity contribution in [3.63, 3.8) is 0 Å². The summed E-state index contributed by atoms with van der Waals surface area (Å²) < 4.78 is 0. The van der Waals surface area contributed by atoms with Gasteiger partial charge in [-0.25, -0.2) is 9.97 Å². The Balaban J connectivity index is 2.08. The molecule has 3 nitrogen and oxygen atoms in total. The number of anilines is 1. The summed E-state index contributed by atoms with van der Waals surface area (Å²) in [4.78, 5) is 11.2. The maximum absolute atomic E-state index is 4.43. The highest BCUT2D eigenvalue weighted by molar-refractivity contribution is 9.09. The highest BCUT2D eigenvalue weighted by Gasteiger charge is 2.25. The summed E-state index contributed by atoms with van der Waals surface area (Å²) in [6.07, 6.45) is 7.78. The van der Waals surface area contributed by atoms with E-state index in [1.165, 1.54) is 25.7 Å². The molecule has 1 aliphatic rings. The van der Waals surface area contributed by atoms with Crippen LogP contribution >= 0.6 is 15.9 Å². The van der Waals surface area contributed by atoms with Gasteiger partial charge in [0, 0.05) is 29.7 Å². The van der Waals surface area contributed by atoms with E-state index in [4.69, 9.17) is 0 Å². The Morgan fingerprint density at radius 1 is 1.47 bits per heavy atom. The number of hydrogen-bond acceptors (Lipinski definition) is 3. The number of nitrogens with zero attached hydrogens (tertiary/aromatic N) is 3. The van der Waals surface area contributed by atoms with Gasteiger partial charge in [0.15, 0.2) is 0 Å². The van der Waals surface area contributed by atoms with E-state index in [9.17, 15) is 0 Å². The van der Waals surface area contributed by atoms with Crippen molar-refractivity contribution in [1.29, 1.82) is 0 Å². The first-order valence-corrected chi connectivity index (χ1v) is 7.60. The van der Waals surface area contributed by atoms with Gasteiger partial charge in [0.25, 0.3) is 0 Å². The Morgan fingerprint density at radius 2 is 2.35 bits per heavy atom. The van der Waals surface area contributed by atoms with E-state index in [1.807, 2.05) is 0 Å². The topological polar surface area (TPSA) is 29.0 Å². The van der Waals surface area contributed by atoms with Crippen LogP contribution in [-0.4, -0.2) is 27.9 Å². The third kappa shape index (κ3) is 3.18. The lowest BCUT2D eigenvalue weighted by Crippen LogP contribution is -2.30. The molecule has 4 heteroatoms. The zero-order chi connectivity index (χ0) is 12.1. The molecule has 0 spiro atoms. The zero-order valence-electron chi connectivity index (χ0n) is 10.4. The van der Waals surface area contributed by atoms with Crippen molar-refractivity contribution < 1.29 is 0 Å². The molecule has 1 aromatic rings. The second-order valence-corrected chi connectivity index (χ2v) is 5.33. The van der Waals surface area contributed by atoms with Gasteiger partial charge >= 0.3 is 0 Å². The highest BCUT2D eigenvalue weighted by Crippen LogP contribution is 2.26. The lowest BCUT2D eigenvalue weighted by Gasteiger charge is -2.25. The van der Waals surface area contributed by atoms with E-state index in [2.05, 4.69) is 43.8 Å². The minimum Gasteiger partial charge on any atom is -0.354 e. The summed E-state index contributed by atoms with van der Waals surface area (Å²) in [5.74, 6) is 1.12. The van der Waals surface area contributed by atoms with Crippen LogP contribution in [0, 0.1) is 0 Å². The maximum atomic E-state index is 4.43. The smallest absolute Gasteiger partial charge is 0.132 e. The molecule has 1 aliphatic heterocycles. The van der Waals surface area contributed by atoms with Crippen molar-refractivity contribution in [2.75, 3.05) is 16.8 Å². The molecule has 0 bridgehead atoms. The van der Waals surface area contributed by atoms with Crippen molar-refractivity contribution in [1.82, 2.24) is 9.97 Å². The summed E-state index contributed by atoms with van der Waals surface area (Å²) in [5, 5.41) is 1.10. The van der Waals surface area contributed by atoms with Crippen LogP contribution in [0.25, 0.3) is 0 Å².